The maximum absolute atomic E-state index is 15.2. The Bertz CT molecular complexity index is 1330. The lowest BCUT2D eigenvalue weighted by molar-refractivity contribution is 0.0328. The number of nitrogens with zero attached hydrogens (tertiary/aromatic N) is 3. The average Bonchev–Trinajstić information content (AvgIpc) is 3.44. The number of rotatable bonds is 6. The van der Waals surface area contributed by atoms with Gasteiger partial charge in [-0.2, -0.15) is 4.36 Å². The minimum Gasteiger partial charge on any atom is -0.483 e. The minimum atomic E-state index is -2.35. The minimum absolute atomic E-state index is 0. The Morgan fingerprint density at radius 2 is 1.89 bits per heavy atom. The monoisotopic (exact) mass is 506 g/mol. The van der Waals surface area contributed by atoms with Gasteiger partial charge in [0.2, 0.25) is 0 Å². The highest BCUT2D eigenvalue weighted by Gasteiger charge is 2.31. The molecule has 3 heterocycles. The Kier molecular flexibility index (Phi) is 7.48. The third-order valence-electron chi connectivity index (χ3n) is 5.88. The number of halogens is 2. The molecular weight excluding hydrogens is 478 g/mol. The normalized spacial score (nSPS) is 21.0. The van der Waals surface area contributed by atoms with E-state index in [4.69, 9.17) is 14.2 Å². The van der Waals surface area contributed by atoms with E-state index in [1.807, 2.05) is 0 Å². The van der Waals surface area contributed by atoms with Crippen LogP contribution in [0.4, 0.5) is 26.0 Å². The van der Waals surface area contributed by atoms with Gasteiger partial charge >= 0.3 is 0 Å². The van der Waals surface area contributed by atoms with Crippen LogP contribution in [-0.4, -0.2) is 58.2 Å². The summed E-state index contributed by atoms with van der Waals surface area (Å²) in [7, 11) is -0.797. The highest BCUT2D eigenvalue weighted by Crippen LogP contribution is 2.35. The third kappa shape index (κ3) is 5.36. The number of hydrogen-bond donors (Lipinski definition) is 1. The van der Waals surface area contributed by atoms with Gasteiger partial charge in [0.15, 0.2) is 6.10 Å². The van der Waals surface area contributed by atoms with Crippen molar-refractivity contribution in [1.29, 1.82) is 0 Å². The molecule has 0 radical (unpaired) electrons. The fraction of sp³-hybridized carbons (Fsp3) is 0.417. The summed E-state index contributed by atoms with van der Waals surface area (Å²) >= 11 is 0. The first kappa shape index (κ1) is 25.2. The highest BCUT2D eigenvalue weighted by atomic mass is 32.2. The summed E-state index contributed by atoms with van der Waals surface area (Å²) in [4.78, 5) is 8.36. The Morgan fingerprint density at radius 3 is 2.66 bits per heavy atom. The first-order valence-corrected chi connectivity index (χ1v) is 12.8. The Hall–Kier alpha value is -2.89. The second-order valence-corrected chi connectivity index (χ2v) is 10.8. The number of fused-ring (bicyclic) bond motifs is 1. The first-order chi connectivity index (χ1) is 16.4. The van der Waals surface area contributed by atoms with Crippen LogP contribution in [0.1, 0.15) is 20.3 Å². The van der Waals surface area contributed by atoms with Gasteiger partial charge < -0.3 is 19.5 Å². The van der Waals surface area contributed by atoms with Gasteiger partial charge in [0.05, 0.1) is 45.2 Å². The summed E-state index contributed by atoms with van der Waals surface area (Å²) in [6, 6.07) is 6.83. The molecule has 188 valence electrons. The number of anilines is 2. The molecule has 2 aliphatic rings. The molecule has 2 saturated heterocycles. The van der Waals surface area contributed by atoms with Gasteiger partial charge in [-0.05, 0) is 31.0 Å². The van der Waals surface area contributed by atoms with Crippen LogP contribution in [0.3, 0.4) is 0 Å². The predicted octanol–water partition coefficient (Wildman–Crippen LogP) is 4.97. The van der Waals surface area contributed by atoms with Gasteiger partial charge in [-0.1, -0.05) is 7.43 Å². The molecule has 2 aromatic carbocycles. The SMILES string of the molecule is C.CO[C@@H]1COC[C@@H]1Oc1cc(F)ccc1Nc1ncnc2cc(N=S3(=O)CCCC3)cc(F)c12. The van der Waals surface area contributed by atoms with Crippen molar-refractivity contribution < 1.29 is 27.2 Å². The summed E-state index contributed by atoms with van der Waals surface area (Å²) < 4.78 is 63.0. The average molecular weight is 507 g/mol. The lowest BCUT2D eigenvalue weighted by Gasteiger charge is -2.21. The molecule has 3 aromatic rings. The molecule has 5 rings (SSSR count). The molecule has 2 fully saturated rings. The smallest absolute Gasteiger partial charge is 0.150 e. The zero-order valence-electron chi connectivity index (χ0n) is 18.5. The second kappa shape index (κ2) is 10.4. The molecule has 8 nitrogen and oxygen atoms in total. The number of nitrogens with one attached hydrogen (secondary N) is 1. The molecule has 1 N–H and O–H groups in total. The fourth-order valence-electron chi connectivity index (χ4n) is 4.15. The summed E-state index contributed by atoms with van der Waals surface area (Å²) in [6.45, 7) is 0.676. The van der Waals surface area contributed by atoms with Crippen molar-refractivity contribution in [1.82, 2.24) is 9.97 Å². The van der Waals surface area contributed by atoms with E-state index in [1.54, 1.807) is 13.2 Å². The molecule has 2 atom stereocenters. The van der Waals surface area contributed by atoms with Crippen LogP contribution >= 0.6 is 0 Å². The van der Waals surface area contributed by atoms with E-state index in [2.05, 4.69) is 19.6 Å². The van der Waals surface area contributed by atoms with Crippen molar-refractivity contribution in [3.05, 3.63) is 48.3 Å². The van der Waals surface area contributed by atoms with Crippen LogP contribution in [0.2, 0.25) is 0 Å². The lowest BCUT2D eigenvalue weighted by Crippen LogP contribution is -2.31. The van der Waals surface area contributed by atoms with Gasteiger partial charge in [0.25, 0.3) is 0 Å². The van der Waals surface area contributed by atoms with Gasteiger partial charge in [0, 0.05) is 30.7 Å². The van der Waals surface area contributed by atoms with Crippen molar-refractivity contribution in [3.63, 3.8) is 0 Å². The van der Waals surface area contributed by atoms with Crippen molar-refractivity contribution in [2.24, 2.45) is 4.36 Å². The van der Waals surface area contributed by atoms with Crippen LogP contribution in [0, 0.1) is 11.6 Å². The molecule has 1 aromatic heterocycles. The van der Waals surface area contributed by atoms with Gasteiger partial charge in [-0.3, -0.25) is 0 Å². The van der Waals surface area contributed by atoms with E-state index in [0.717, 1.165) is 12.8 Å². The van der Waals surface area contributed by atoms with Crippen molar-refractivity contribution in [2.45, 2.75) is 32.5 Å². The summed E-state index contributed by atoms with van der Waals surface area (Å²) in [5.41, 5.74) is 0.995. The third-order valence-corrected chi connectivity index (χ3v) is 8.28. The Balaban J connectivity index is 0.00000289. The van der Waals surface area contributed by atoms with Crippen molar-refractivity contribution in [2.75, 3.05) is 37.1 Å². The summed E-state index contributed by atoms with van der Waals surface area (Å²) in [5, 5.41) is 3.18. The molecule has 0 bridgehead atoms. The summed E-state index contributed by atoms with van der Waals surface area (Å²) in [5.74, 6) is 0.350. The zero-order chi connectivity index (χ0) is 23.7. The van der Waals surface area contributed by atoms with Crippen molar-refractivity contribution in [3.8, 4) is 5.75 Å². The molecule has 0 spiro atoms. The number of hydrogen-bond acceptors (Lipinski definition) is 8. The van der Waals surface area contributed by atoms with E-state index < -0.39 is 27.5 Å². The van der Waals surface area contributed by atoms with E-state index in [9.17, 15) is 8.60 Å². The van der Waals surface area contributed by atoms with Crippen LogP contribution in [-0.2, 0) is 19.2 Å². The Labute approximate surface area is 203 Å². The fourth-order valence-corrected chi connectivity index (χ4v) is 6.34. The molecular formula is C24H28F2N4O4S. The molecule has 0 aliphatic carbocycles. The topological polar surface area (TPSA) is 94.9 Å². The number of methoxy groups -OCH3 is 1. The van der Waals surface area contributed by atoms with E-state index in [-0.39, 0.29) is 30.5 Å². The second-order valence-electron chi connectivity index (χ2n) is 8.26. The highest BCUT2D eigenvalue weighted by molar-refractivity contribution is 7.93. The Morgan fingerprint density at radius 1 is 1.11 bits per heavy atom. The van der Waals surface area contributed by atoms with Gasteiger partial charge in [0.1, 0.15) is 35.6 Å². The van der Waals surface area contributed by atoms with Crippen molar-refractivity contribution >= 4 is 37.8 Å². The lowest BCUT2D eigenvalue weighted by atomic mass is 10.2. The molecule has 35 heavy (non-hydrogen) atoms. The standard InChI is InChI=1S/C23H24F2N4O4S.CH4/c1-31-20-11-32-12-21(20)33-19-8-14(24)4-5-17(19)28-23-22-16(25)9-15(10-18(22)26-13-27-23)29-34(30)6-2-3-7-34;/h4-5,8-10,13,20-21H,2-3,6-7,11-12H2,1H3,(H,26,27,28);1H4/t20-,21+;/m1./s1. The van der Waals surface area contributed by atoms with Crippen LogP contribution < -0.4 is 10.1 Å². The number of aromatic nitrogens is 2. The van der Waals surface area contributed by atoms with E-state index in [0.29, 0.717) is 41.6 Å². The zero-order valence-corrected chi connectivity index (χ0v) is 19.3. The number of benzene rings is 2. The van der Waals surface area contributed by atoms with Crippen LogP contribution in [0.15, 0.2) is 41.0 Å². The predicted molar refractivity (Wildman–Crippen MR) is 131 cm³/mol. The molecule has 0 saturated carbocycles. The van der Waals surface area contributed by atoms with Crippen LogP contribution in [0.5, 0.6) is 5.75 Å². The van der Waals surface area contributed by atoms with Gasteiger partial charge in [-0.25, -0.2) is 23.0 Å². The molecule has 0 unspecified atom stereocenters. The quantitative estimate of drug-likeness (QED) is 0.504. The number of ether oxygens (including phenoxy) is 3. The first-order valence-electron chi connectivity index (χ1n) is 10.9. The largest absolute Gasteiger partial charge is 0.483 e. The van der Waals surface area contributed by atoms with Gasteiger partial charge in [-0.15, -0.1) is 0 Å². The molecule has 0 amide bonds. The maximum Gasteiger partial charge on any atom is 0.150 e. The molecule has 11 heteroatoms. The van der Waals surface area contributed by atoms with E-state index >= 15 is 4.39 Å². The molecule has 2 aliphatic heterocycles. The maximum atomic E-state index is 15.2. The van der Waals surface area contributed by atoms with E-state index in [1.165, 1.54) is 30.6 Å². The van der Waals surface area contributed by atoms with Crippen LogP contribution in [0.25, 0.3) is 10.9 Å². The summed E-state index contributed by atoms with van der Waals surface area (Å²) in [6.07, 6.45) is 2.29.